The van der Waals surface area contributed by atoms with Crippen molar-refractivity contribution in [1.82, 2.24) is 14.7 Å². The standard InChI is InChI=1S/C18H23N3O3.C2HF3O2/c1-3-21-18-14(11-19-21)9-10-20(16(18)12-23-2)17(22)13-24-15-7-5-4-6-8-15;3-2(4,5)1(6)7/h4-8,11,16H,3,9-10,12-13H2,1-2H3;(H,6,7). The van der Waals surface area contributed by atoms with E-state index in [0.717, 1.165) is 18.7 Å². The number of aliphatic carboxylic acids is 1. The number of rotatable bonds is 6. The predicted octanol–water partition coefficient (Wildman–Crippen LogP) is 2.69. The normalized spacial score (nSPS) is 15.5. The first-order valence-corrected chi connectivity index (χ1v) is 9.50. The van der Waals surface area contributed by atoms with Gasteiger partial charge in [0.1, 0.15) is 5.75 Å². The molecule has 0 radical (unpaired) electrons. The van der Waals surface area contributed by atoms with Crippen molar-refractivity contribution in [1.29, 1.82) is 0 Å². The molecule has 1 amide bonds. The number of carbonyl (C=O) groups is 2. The molecular formula is C20H24F3N3O5. The molecule has 1 unspecified atom stereocenters. The number of benzene rings is 1. The summed E-state index contributed by atoms with van der Waals surface area (Å²) in [6.07, 6.45) is -2.36. The molecule has 31 heavy (non-hydrogen) atoms. The largest absolute Gasteiger partial charge is 0.490 e. The van der Waals surface area contributed by atoms with Crippen molar-refractivity contribution in [2.45, 2.75) is 32.1 Å². The summed E-state index contributed by atoms with van der Waals surface area (Å²) < 4.78 is 44.7. The van der Waals surface area contributed by atoms with Crippen molar-refractivity contribution < 1.29 is 37.3 Å². The summed E-state index contributed by atoms with van der Waals surface area (Å²) in [5.41, 5.74) is 2.28. The van der Waals surface area contributed by atoms with Crippen LogP contribution in [0, 0.1) is 0 Å². The first kappa shape index (κ1) is 24.2. The lowest BCUT2D eigenvalue weighted by Crippen LogP contribution is -2.44. The van der Waals surface area contributed by atoms with Crippen LogP contribution >= 0.6 is 0 Å². The Labute approximate surface area is 177 Å². The highest BCUT2D eigenvalue weighted by Gasteiger charge is 2.38. The van der Waals surface area contributed by atoms with Gasteiger partial charge in [-0.3, -0.25) is 9.48 Å². The summed E-state index contributed by atoms with van der Waals surface area (Å²) in [5.74, 6) is -2.09. The van der Waals surface area contributed by atoms with E-state index < -0.39 is 12.1 Å². The number of hydrogen-bond donors (Lipinski definition) is 1. The minimum atomic E-state index is -5.08. The van der Waals surface area contributed by atoms with Gasteiger partial charge in [0.25, 0.3) is 5.91 Å². The van der Waals surface area contributed by atoms with Crippen molar-refractivity contribution >= 4 is 11.9 Å². The first-order chi connectivity index (χ1) is 14.7. The molecule has 11 heteroatoms. The van der Waals surface area contributed by atoms with Crippen LogP contribution < -0.4 is 4.74 Å². The van der Waals surface area contributed by atoms with Gasteiger partial charge < -0.3 is 19.5 Å². The van der Waals surface area contributed by atoms with E-state index in [1.165, 1.54) is 5.56 Å². The van der Waals surface area contributed by atoms with E-state index in [9.17, 15) is 18.0 Å². The number of aryl methyl sites for hydroxylation is 1. The van der Waals surface area contributed by atoms with E-state index in [0.29, 0.717) is 18.9 Å². The summed E-state index contributed by atoms with van der Waals surface area (Å²) in [5, 5.41) is 11.6. The number of amides is 1. The molecule has 0 fully saturated rings. The number of aromatic nitrogens is 2. The molecule has 2 heterocycles. The second-order valence-electron chi connectivity index (χ2n) is 6.58. The van der Waals surface area contributed by atoms with Crippen LogP contribution in [0.15, 0.2) is 36.5 Å². The highest BCUT2D eigenvalue weighted by molar-refractivity contribution is 5.78. The van der Waals surface area contributed by atoms with E-state index >= 15 is 0 Å². The minimum Gasteiger partial charge on any atom is -0.484 e. The maximum absolute atomic E-state index is 12.7. The van der Waals surface area contributed by atoms with Crippen LogP contribution in [0.1, 0.15) is 24.2 Å². The average molecular weight is 443 g/mol. The number of hydrogen-bond acceptors (Lipinski definition) is 5. The maximum atomic E-state index is 12.7. The molecule has 2 aromatic rings. The number of para-hydroxylation sites is 1. The van der Waals surface area contributed by atoms with Crippen molar-refractivity contribution in [3.8, 4) is 5.75 Å². The van der Waals surface area contributed by atoms with Gasteiger partial charge >= 0.3 is 12.1 Å². The van der Waals surface area contributed by atoms with Crippen molar-refractivity contribution in [2.24, 2.45) is 0 Å². The molecule has 1 N–H and O–H groups in total. The Balaban J connectivity index is 0.000000423. The van der Waals surface area contributed by atoms with Crippen LogP contribution in [0.5, 0.6) is 5.75 Å². The summed E-state index contributed by atoms with van der Waals surface area (Å²) in [4.78, 5) is 23.4. The van der Waals surface area contributed by atoms with Crippen LogP contribution in [0.2, 0.25) is 0 Å². The summed E-state index contributed by atoms with van der Waals surface area (Å²) in [7, 11) is 1.66. The van der Waals surface area contributed by atoms with Crippen LogP contribution in [0.25, 0.3) is 0 Å². The van der Waals surface area contributed by atoms with Gasteiger partial charge in [-0.25, -0.2) is 4.79 Å². The molecule has 0 saturated carbocycles. The molecule has 0 spiro atoms. The van der Waals surface area contributed by atoms with Gasteiger partial charge in [0.15, 0.2) is 6.61 Å². The molecule has 0 bridgehead atoms. The molecule has 0 aliphatic carbocycles. The molecule has 1 aromatic heterocycles. The Morgan fingerprint density at radius 2 is 1.90 bits per heavy atom. The minimum absolute atomic E-state index is 0.0276. The molecule has 170 valence electrons. The van der Waals surface area contributed by atoms with Gasteiger partial charge in [-0.1, -0.05) is 18.2 Å². The first-order valence-electron chi connectivity index (χ1n) is 9.50. The van der Waals surface area contributed by atoms with Crippen LogP contribution in [0.4, 0.5) is 13.2 Å². The highest BCUT2D eigenvalue weighted by atomic mass is 19.4. The number of carbonyl (C=O) groups excluding carboxylic acids is 1. The molecule has 1 aliphatic rings. The Morgan fingerprint density at radius 3 is 2.45 bits per heavy atom. The highest BCUT2D eigenvalue weighted by Crippen LogP contribution is 2.30. The molecule has 1 atom stereocenters. The van der Waals surface area contributed by atoms with Gasteiger partial charge in [-0.2, -0.15) is 18.3 Å². The number of halogens is 3. The summed E-state index contributed by atoms with van der Waals surface area (Å²) >= 11 is 0. The third-order valence-electron chi connectivity index (χ3n) is 4.57. The Morgan fingerprint density at radius 1 is 1.26 bits per heavy atom. The van der Waals surface area contributed by atoms with Crippen molar-refractivity contribution in [2.75, 3.05) is 26.9 Å². The zero-order valence-electron chi connectivity index (χ0n) is 17.1. The second-order valence-corrected chi connectivity index (χ2v) is 6.58. The fourth-order valence-electron chi connectivity index (χ4n) is 3.18. The number of ether oxygens (including phenoxy) is 2. The van der Waals surface area contributed by atoms with Gasteiger partial charge in [0.05, 0.1) is 24.5 Å². The zero-order chi connectivity index (χ0) is 23.0. The number of alkyl halides is 3. The van der Waals surface area contributed by atoms with Crippen molar-refractivity contribution in [3.05, 3.63) is 47.8 Å². The molecule has 1 aromatic carbocycles. The number of nitrogens with zero attached hydrogens (tertiary/aromatic N) is 3. The molecule has 1 aliphatic heterocycles. The van der Waals surface area contributed by atoms with Gasteiger partial charge in [0, 0.05) is 20.2 Å². The Bertz CT molecular complexity index is 857. The molecule has 3 rings (SSSR count). The average Bonchev–Trinajstić information content (AvgIpc) is 3.16. The topological polar surface area (TPSA) is 93.9 Å². The SMILES string of the molecule is CCn1ncc2c1C(COC)N(C(=O)COc1ccccc1)CC2.O=C(O)C(F)(F)F. The number of fused-ring (bicyclic) bond motifs is 1. The smallest absolute Gasteiger partial charge is 0.484 e. The van der Waals surface area contributed by atoms with Crippen LogP contribution in [-0.4, -0.2) is 64.7 Å². The van der Waals surface area contributed by atoms with Crippen LogP contribution in [0.3, 0.4) is 0 Å². The van der Waals surface area contributed by atoms with E-state index in [1.807, 2.05) is 46.1 Å². The van der Waals surface area contributed by atoms with Gasteiger partial charge in [0.2, 0.25) is 0 Å². The fraction of sp³-hybridized carbons (Fsp3) is 0.450. The monoisotopic (exact) mass is 443 g/mol. The Kier molecular flexibility index (Phi) is 8.43. The Hall–Kier alpha value is -3.08. The van der Waals surface area contributed by atoms with E-state index in [1.54, 1.807) is 7.11 Å². The van der Waals surface area contributed by atoms with E-state index in [2.05, 4.69) is 12.0 Å². The lowest BCUT2D eigenvalue weighted by molar-refractivity contribution is -0.192. The third-order valence-corrected chi connectivity index (χ3v) is 4.57. The maximum Gasteiger partial charge on any atom is 0.490 e. The molecular weight excluding hydrogens is 419 g/mol. The number of carboxylic acids is 1. The van der Waals surface area contributed by atoms with Crippen LogP contribution in [-0.2, 0) is 27.3 Å². The number of methoxy groups -OCH3 is 1. The van der Waals surface area contributed by atoms with Crippen molar-refractivity contribution in [3.63, 3.8) is 0 Å². The quantitative estimate of drug-likeness (QED) is 0.738. The second kappa shape index (κ2) is 10.8. The number of carboxylic acid groups (broad SMARTS) is 1. The summed E-state index contributed by atoms with van der Waals surface area (Å²) in [6.45, 7) is 3.97. The molecule has 0 saturated heterocycles. The van der Waals surface area contributed by atoms with E-state index in [4.69, 9.17) is 19.4 Å². The van der Waals surface area contributed by atoms with Gasteiger partial charge in [-0.15, -0.1) is 0 Å². The summed E-state index contributed by atoms with van der Waals surface area (Å²) in [6, 6.07) is 9.27. The van der Waals surface area contributed by atoms with E-state index in [-0.39, 0.29) is 18.6 Å². The zero-order valence-corrected chi connectivity index (χ0v) is 17.1. The lowest BCUT2D eigenvalue weighted by atomic mass is 10.00. The fourth-order valence-corrected chi connectivity index (χ4v) is 3.18. The van der Waals surface area contributed by atoms with Gasteiger partial charge in [-0.05, 0) is 31.0 Å². The third kappa shape index (κ3) is 6.45. The lowest BCUT2D eigenvalue weighted by Gasteiger charge is -2.36. The molecule has 8 nitrogen and oxygen atoms in total. The predicted molar refractivity (Wildman–Crippen MR) is 104 cm³/mol.